The van der Waals surface area contributed by atoms with Gasteiger partial charge in [0.1, 0.15) is 17.1 Å². The minimum Gasteiger partial charge on any atom is -0.478 e. The number of rotatable bonds is 4. The molecular weight excluding hydrogens is 270 g/mol. The third-order valence-corrected chi connectivity index (χ3v) is 3.89. The lowest BCUT2D eigenvalue weighted by molar-refractivity contribution is -0.116. The number of furan rings is 1. The van der Waals surface area contributed by atoms with Crippen LogP contribution in [0.25, 0.3) is 0 Å². The van der Waals surface area contributed by atoms with Crippen molar-refractivity contribution in [2.75, 3.05) is 0 Å². The fraction of sp³-hybridized carbons (Fsp3) is 0.500. The van der Waals surface area contributed by atoms with Crippen molar-refractivity contribution in [3.8, 4) is 0 Å². The van der Waals surface area contributed by atoms with Crippen molar-refractivity contribution in [3.63, 3.8) is 0 Å². The van der Waals surface area contributed by atoms with E-state index in [1.165, 1.54) is 11.6 Å². The number of carbonyl (C=O) groups is 2. The SMILES string of the molecule is Cc1oc(CNC(=O)C=C2CCC(C)CC2)cc1C(=O)O. The molecule has 0 saturated heterocycles. The van der Waals surface area contributed by atoms with Crippen LogP contribution in [0.3, 0.4) is 0 Å². The Morgan fingerprint density at radius 2 is 2.10 bits per heavy atom. The predicted molar refractivity (Wildman–Crippen MR) is 78.0 cm³/mol. The molecule has 0 spiro atoms. The molecule has 0 unspecified atom stereocenters. The maximum atomic E-state index is 11.8. The van der Waals surface area contributed by atoms with Crippen LogP contribution in [0.15, 0.2) is 22.1 Å². The first-order valence-electron chi connectivity index (χ1n) is 7.25. The van der Waals surface area contributed by atoms with E-state index in [0.717, 1.165) is 31.6 Å². The third kappa shape index (κ3) is 4.21. The fourth-order valence-corrected chi connectivity index (χ4v) is 2.53. The molecule has 21 heavy (non-hydrogen) atoms. The second-order valence-electron chi connectivity index (χ2n) is 5.69. The number of carboxylic acids is 1. The largest absolute Gasteiger partial charge is 0.478 e. The zero-order chi connectivity index (χ0) is 15.4. The Bertz CT molecular complexity index is 561. The Labute approximate surface area is 124 Å². The first-order chi connectivity index (χ1) is 9.95. The van der Waals surface area contributed by atoms with Gasteiger partial charge in [-0.2, -0.15) is 0 Å². The molecule has 2 N–H and O–H groups in total. The Kier molecular flexibility index (Phi) is 4.83. The van der Waals surface area contributed by atoms with Crippen LogP contribution in [0.2, 0.25) is 0 Å². The van der Waals surface area contributed by atoms with Crippen molar-refractivity contribution in [2.24, 2.45) is 5.92 Å². The van der Waals surface area contributed by atoms with Crippen LogP contribution in [0.1, 0.15) is 54.5 Å². The van der Waals surface area contributed by atoms with Crippen molar-refractivity contribution in [2.45, 2.75) is 46.1 Å². The number of allylic oxidation sites excluding steroid dienone is 1. The molecule has 1 aromatic rings. The Balaban J connectivity index is 1.88. The number of hydrogen-bond acceptors (Lipinski definition) is 3. The average Bonchev–Trinajstić information content (AvgIpc) is 2.81. The summed E-state index contributed by atoms with van der Waals surface area (Å²) in [6.45, 7) is 4.03. The van der Waals surface area contributed by atoms with Gasteiger partial charge in [-0.25, -0.2) is 4.79 Å². The lowest BCUT2D eigenvalue weighted by Crippen LogP contribution is -2.21. The van der Waals surface area contributed by atoms with Gasteiger partial charge in [0, 0.05) is 6.08 Å². The van der Waals surface area contributed by atoms with Gasteiger partial charge < -0.3 is 14.8 Å². The van der Waals surface area contributed by atoms with Gasteiger partial charge >= 0.3 is 5.97 Å². The zero-order valence-corrected chi connectivity index (χ0v) is 12.4. The number of hydrogen-bond donors (Lipinski definition) is 2. The van der Waals surface area contributed by atoms with E-state index in [1.807, 2.05) is 0 Å². The van der Waals surface area contributed by atoms with Crippen molar-refractivity contribution in [3.05, 3.63) is 34.8 Å². The highest BCUT2D eigenvalue weighted by molar-refractivity contribution is 5.89. The van der Waals surface area contributed by atoms with Crippen LogP contribution in [-0.2, 0) is 11.3 Å². The van der Waals surface area contributed by atoms with Crippen molar-refractivity contribution < 1.29 is 19.1 Å². The van der Waals surface area contributed by atoms with Crippen molar-refractivity contribution >= 4 is 11.9 Å². The molecule has 1 aromatic heterocycles. The van der Waals surface area contributed by atoms with Crippen molar-refractivity contribution in [1.82, 2.24) is 5.32 Å². The minimum atomic E-state index is -1.02. The number of carbonyl (C=O) groups excluding carboxylic acids is 1. The molecule has 5 heteroatoms. The highest BCUT2D eigenvalue weighted by atomic mass is 16.4. The molecule has 1 saturated carbocycles. The molecule has 1 amide bonds. The summed E-state index contributed by atoms with van der Waals surface area (Å²) in [5.41, 5.74) is 1.33. The van der Waals surface area contributed by atoms with Crippen LogP contribution in [0.4, 0.5) is 0 Å². The van der Waals surface area contributed by atoms with Gasteiger partial charge in [0.2, 0.25) is 5.91 Å². The molecule has 0 aromatic carbocycles. The Hall–Kier alpha value is -2.04. The first-order valence-corrected chi connectivity index (χ1v) is 7.25. The molecule has 0 aliphatic heterocycles. The Morgan fingerprint density at radius 3 is 2.67 bits per heavy atom. The summed E-state index contributed by atoms with van der Waals surface area (Å²) >= 11 is 0. The van der Waals surface area contributed by atoms with Crippen LogP contribution in [-0.4, -0.2) is 17.0 Å². The lowest BCUT2D eigenvalue weighted by atomic mass is 9.87. The van der Waals surface area contributed by atoms with Crippen molar-refractivity contribution in [1.29, 1.82) is 0 Å². The molecule has 114 valence electrons. The van der Waals surface area contributed by atoms with Gasteiger partial charge in [0.05, 0.1) is 6.54 Å². The molecule has 2 rings (SSSR count). The standard InChI is InChI=1S/C16H21NO4/c1-10-3-5-12(6-4-10)7-15(18)17-9-13-8-14(16(19)20)11(2)21-13/h7-8,10H,3-6,9H2,1-2H3,(H,17,18)(H,19,20). The fourth-order valence-electron chi connectivity index (χ4n) is 2.53. The summed E-state index contributed by atoms with van der Waals surface area (Å²) in [5, 5.41) is 11.7. The van der Waals surface area contributed by atoms with E-state index >= 15 is 0 Å². The Morgan fingerprint density at radius 1 is 1.43 bits per heavy atom. The number of nitrogens with one attached hydrogen (secondary N) is 1. The van der Waals surface area contributed by atoms with E-state index in [2.05, 4.69) is 12.2 Å². The maximum Gasteiger partial charge on any atom is 0.339 e. The number of aromatic carboxylic acids is 1. The normalized spacial score (nSPS) is 18.4. The summed E-state index contributed by atoms with van der Waals surface area (Å²) < 4.78 is 5.31. The number of carboxylic acid groups (broad SMARTS) is 1. The van der Waals surface area contributed by atoms with E-state index in [4.69, 9.17) is 9.52 Å². The van der Waals surface area contributed by atoms with E-state index < -0.39 is 5.97 Å². The summed E-state index contributed by atoms with van der Waals surface area (Å²) in [7, 11) is 0. The molecule has 0 radical (unpaired) electrons. The van der Waals surface area contributed by atoms with Gasteiger partial charge in [0.15, 0.2) is 0 Å². The maximum absolute atomic E-state index is 11.8. The van der Waals surface area contributed by atoms with Crippen LogP contribution in [0, 0.1) is 12.8 Å². The van der Waals surface area contributed by atoms with Gasteiger partial charge in [-0.3, -0.25) is 4.79 Å². The van der Waals surface area contributed by atoms with Gasteiger partial charge in [-0.05, 0) is 44.6 Å². The van der Waals surface area contributed by atoms with Crippen LogP contribution < -0.4 is 5.32 Å². The topological polar surface area (TPSA) is 79.5 Å². The van der Waals surface area contributed by atoms with E-state index in [9.17, 15) is 9.59 Å². The highest BCUT2D eigenvalue weighted by Crippen LogP contribution is 2.27. The first kappa shape index (κ1) is 15.4. The van der Waals surface area contributed by atoms with E-state index in [-0.39, 0.29) is 18.0 Å². The molecule has 1 heterocycles. The molecule has 1 aliphatic rings. The summed E-state index contributed by atoms with van der Waals surface area (Å²) in [5.74, 6) is 0.379. The van der Waals surface area contributed by atoms with E-state index in [0.29, 0.717) is 11.5 Å². The quantitative estimate of drug-likeness (QED) is 0.836. The molecule has 0 bridgehead atoms. The van der Waals surface area contributed by atoms with Crippen LogP contribution in [0.5, 0.6) is 0 Å². The number of aryl methyl sites for hydroxylation is 1. The molecule has 1 aliphatic carbocycles. The second-order valence-corrected chi connectivity index (χ2v) is 5.69. The second kappa shape index (κ2) is 6.61. The third-order valence-electron chi connectivity index (χ3n) is 3.89. The summed E-state index contributed by atoms with van der Waals surface area (Å²) in [4.78, 5) is 22.8. The summed E-state index contributed by atoms with van der Waals surface area (Å²) in [6.07, 6.45) is 5.91. The predicted octanol–water partition coefficient (Wildman–Crippen LogP) is 3.04. The summed E-state index contributed by atoms with van der Waals surface area (Å²) in [6, 6.07) is 1.45. The van der Waals surface area contributed by atoms with E-state index in [1.54, 1.807) is 13.0 Å². The smallest absolute Gasteiger partial charge is 0.339 e. The highest BCUT2D eigenvalue weighted by Gasteiger charge is 2.15. The number of amides is 1. The monoisotopic (exact) mass is 291 g/mol. The minimum absolute atomic E-state index is 0.138. The molecule has 1 fully saturated rings. The van der Waals surface area contributed by atoms with Gasteiger partial charge in [-0.1, -0.05) is 12.5 Å². The van der Waals surface area contributed by atoms with Gasteiger partial charge in [0.25, 0.3) is 0 Å². The average molecular weight is 291 g/mol. The molecule has 0 atom stereocenters. The lowest BCUT2D eigenvalue weighted by Gasteiger charge is -2.19. The zero-order valence-electron chi connectivity index (χ0n) is 12.4. The van der Waals surface area contributed by atoms with Crippen LogP contribution >= 0.6 is 0 Å². The molecular formula is C16H21NO4. The molecule has 5 nitrogen and oxygen atoms in total. The van der Waals surface area contributed by atoms with Gasteiger partial charge in [-0.15, -0.1) is 0 Å².